The Bertz CT molecular complexity index is 1520. The Morgan fingerprint density at radius 2 is 1.17 bits per heavy atom. The third-order valence-corrected chi connectivity index (χ3v) is 12.3. The van der Waals surface area contributed by atoms with Gasteiger partial charge in [0.2, 0.25) is 0 Å². The van der Waals surface area contributed by atoms with Gasteiger partial charge in [0.05, 0.1) is 30.9 Å². The topological polar surface area (TPSA) is 264 Å². The maximum atomic E-state index is 10.9. The Balaban J connectivity index is 0. The number of rotatable bonds is 18. The first-order chi connectivity index (χ1) is 27.6. The van der Waals surface area contributed by atoms with E-state index in [1.165, 1.54) is 29.2 Å². The van der Waals surface area contributed by atoms with Crippen LogP contribution in [0.25, 0.3) is 10.8 Å². The molecule has 0 amide bonds. The van der Waals surface area contributed by atoms with Crippen LogP contribution in [0, 0.1) is 0 Å². The van der Waals surface area contributed by atoms with E-state index in [-0.39, 0.29) is 106 Å². The highest BCUT2D eigenvalue weighted by atomic mass is 35.5. The molecule has 14 N–H and O–H groups in total. The number of fused-ring (bicyclic) bond motifs is 1. The molecule has 0 radical (unpaired) electrons. The largest absolute Gasteiger partial charge is 0.394 e. The lowest BCUT2D eigenvalue weighted by molar-refractivity contribution is -0.318. The summed E-state index contributed by atoms with van der Waals surface area (Å²) in [4.78, 5) is 5.16. The van der Waals surface area contributed by atoms with Crippen LogP contribution in [-0.2, 0) is 30.2 Å². The number of ether oxygens (including phenoxy) is 5. The van der Waals surface area contributed by atoms with Crippen molar-refractivity contribution in [3.63, 3.8) is 0 Å². The number of hydrogen-bond acceptors (Lipinski definition) is 16. The van der Waals surface area contributed by atoms with E-state index in [2.05, 4.69) is 52.3 Å². The van der Waals surface area contributed by atoms with Gasteiger partial charge in [0.25, 0.3) is 0 Å². The van der Waals surface area contributed by atoms with Crippen LogP contribution in [0.2, 0.25) is 0 Å². The number of halogens is 7. The van der Waals surface area contributed by atoms with Crippen molar-refractivity contribution in [3.05, 3.63) is 48.0 Å². The highest BCUT2D eigenvalue weighted by Gasteiger charge is 2.51. The number of hydrogen-bond donors (Lipinski definition) is 9. The second-order valence-corrected chi connectivity index (χ2v) is 16.5. The van der Waals surface area contributed by atoms with E-state index >= 15 is 0 Å². The van der Waals surface area contributed by atoms with Gasteiger partial charge in [0.1, 0.15) is 36.6 Å². The van der Waals surface area contributed by atoms with Crippen molar-refractivity contribution in [2.45, 2.75) is 143 Å². The van der Waals surface area contributed by atoms with Crippen LogP contribution in [-0.4, -0.2) is 168 Å². The maximum Gasteiger partial charge on any atom is 0.186 e. The molecule has 3 heterocycles. The van der Waals surface area contributed by atoms with E-state index in [0.29, 0.717) is 6.61 Å². The quantitative estimate of drug-likeness (QED) is 0.0968. The Labute approximate surface area is 421 Å². The van der Waals surface area contributed by atoms with E-state index in [1.807, 2.05) is 0 Å². The van der Waals surface area contributed by atoms with Gasteiger partial charge in [0, 0.05) is 58.0 Å². The molecular weight excluding hydrogens is 983 g/mol. The smallest absolute Gasteiger partial charge is 0.186 e. The van der Waals surface area contributed by atoms with Gasteiger partial charge in [-0.25, -0.2) is 0 Å². The predicted molar refractivity (Wildman–Crippen MR) is 266 cm³/mol. The summed E-state index contributed by atoms with van der Waals surface area (Å²) in [6.45, 7) is 6.42. The lowest BCUT2D eigenvalue weighted by Crippen LogP contribution is -2.68. The van der Waals surface area contributed by atoms with Crippen LogP contribution in [0.3, 0.4) is 0 Å². The van der Waals surface area contributed by atoms with E-state index in [1.54, 1.807) is 0 Å². The summed E-state index contributed by atoms with van der Waals surface area (Å²) in [5, 5.41) is 44.1. The van der Waals surface area contributed by atoms with Crippen molar-refractivity contribution in [2.24, 2.45) is 28.7 Å². The molecule has 1 saturated carbocycles. The molecule has 4 fully saturated rings. The van der Waals surface area contributed by atoms with Crippen LogP contribution < -0.4 is 28.7 Å². The van der Waals surface area contributed by atoms with Crippen LogP contribution in [0.15, 0.2) is 42.5 Å². The normalized spacial score (nSPS) is 33.1. The van der Waals surface area contributed by atoms with E-state index in [9.17, 15) is 20.4 Å². The minimum atomic E-state index is -1.40. The molecule has 0 aromatic heterocycles. The van der Waals surface area contributed by atoms with Gasteiger partial charge in [-0.05, 0) is 48.6 Å². The Morgan fingerprint density at radius 3 is 1.81 bits per heavy atom. The SMILES string of the molecule is Cl.Cl.Cl.Cl.Cl.Cl.Cl.NC[C@H]1O[C@H](O[C@H]2[C@H](OCCCCCCCCN3CCN(Cc4cccc5ccccc45)CC3)[C@@H](O[C@H]3O[C@H](CO)[C@@H](O)[C@H](N)[C@H]3O)[C@H](N)C[C@@H]2N)[C@H](N)C[C@@H]1O. The molecule has 1 aliphatic carbocycles. The number of nitrogens with two attached hydrogens (primary N) is 5. The van der Waals surface area contributed by atoms with Gasteiger partial charge in [-0.2, -0.15) is 0 Å². The van der Waals surface area contributed by atoms with Crippen molar-refractivity contribution in [2.75, 3.05) is 52.5 Å². The average molecular weight is 1060 g/mol. The lowest BCUT2D eigenvalue weighted by Gasteiger charge is -2.49. The predicted octanol–water partition coefficient (Wildman–Crippen LogP) is 1.99. The Kier molecular flexibility index (Phi) is 33.9. The highest BCUT2D eigenvalue weighted by Crippen LogP contribution is 2.33. The molecule has 16 nitrogen and oxygen atoms in total. The number of piperazine rings is 1. The third-order valence-electron chi connectivity index (χ3n) is 12.3. The van der Waals surface area contributed by atoms with Crippen molar-refractivity contribution in [1.82, 2.24) is 9.80 Å². The second kappa shape index (κ2) is 32.8. The summed E-state index contributed by atoms with van der Waals surface area (Å²) in [6.07, 6.45) is -3.12. The maximum absolute atomic E-state index is 10.9. The van der Waals surface area contributed by atoms with Crippen LogP contribution in [0.4, 0.5) is 0 Å². The Hall–Kier alpha value is 0.0900. The molecule has 2 aromatic carbocycles. The minimum Gasteiger partial charge on any atom is -0.394 e. The molecule has 2 aromatic rings. The van der Waals surface area contributed by atoms with Gasteiger partial charge in [0.15, 0.2) is 12.6 Å². The zero-order valence-corrected chi connectivity index (χ0v) is 41.8. The molecule has 0 unspecified atom stereocenters. The molecule has 6 rings (SSSR count). The molecule has 3 aliphatic heterocycles. The van der Waals surface area contributed by atoms with Gasteiger partial charge in [-0.15, -0.1) is 86.8 Å². The summed E-state index contributed by atoms with van der Waals surface area (Å²) in [6, 6.07) is 12.2. The van der Waals surface area contributed by atoms with Crippen LogP contribution in [0.5, 0.6) is 0 Å². The van der Waals surface area contributed by atoms with Gasteiger partial charge in [-0.3, -0.25) is 4.90 Å². The second-order valence-electron chi connectivity index (χ2n) is 16.5. The third kappa shape index (κ3) is 17.5. The summed E-state index contributed by atoms with van der Waals surface area (Å²) in [5.74, 6) is 0. The molecular formula is C41H76Cl7N7O9. The average Bonchev–Trinajstić information content (AvgIpc) is 3.21. The van der Waals surface area contributed by atoms with Crippen LogP contribution in [0.1, 0.15) is 56.9 Å². The van der Waals surface area contributed by atoms with Gasteiger partial charge >= 0.3 is 0 Å². The van der Waals surface area contributed by atoms with E-state index in [0.717, 1.165) is 65.0 Å². The zero-order valence-electron chi connectivity index (χ0n) is 36.1. The molecule has 64 heavy (non-hydrogen) atoms. The van der Waals surface area contributed by atoms with Crippen LogP contribution >= 0.6 is 86.8 Å². The fourth-order valence-corrected chi connectivity index (χ4v) is 8.80. The van der Waals surface area contributed by atoms with Crippen molar-refractivity contribution >= 4 is 97.6 Å². The van der Waals surface area contributed by atoms with Crippen molar-refractivity contribution in [1.29, 1.82) is 0 Å². The summed E-state index contributed by atoms with van der Waals surface area (Å²) in [7, 11) is 0. The monoisotopic (exact) mass is 1060 g/mol. The number of unbranched alkanes of at least 4 members (excludes halogenated alkanes) is 5. The molecule has 4 aliphatic rings. The number of aliphatic hydroxyl groups is 4. The fraction of sp³-hybridized carbons (Fsp3) is 0.756. The molecule has 378 valence electrons. The summed E-state index contributed by atoms with van der Waals surface area (Å²) < 4.78 is 30.9. The number of nitrogens with zero attached hydrogens (tertiary/aromatic N) is 2. The standard InChI is InChI=1S/C41H69N7O9.7ClH/c42-22-32-31(50)21-30(45)40(54-32)56-37-28(43)20-29(44)38(57-41-36(52)34(46)35(51)33(24-49)55-41)39(37)53-19-8-4-2-1-3-7-14-47-15-17-48(18-16-47)23-26-12-9-11-25-10-5-6-13-27(25)26;;;;;;;/h5-6,9-13,28-41,49-52H,1-4,7-8,14-24,42-46H2;7*1H/t28-,29+,30+,31-,32+,33+,34-,35+,36+,37+,38-,39-,40+,41+;;;;;;;/m0......./s1. The zero-order chi connectivity index (χ0) is 40.5. The highest BCUT2D eigenvalue weighted by molar-refractivity contribution is 5.86. The van der Waals surface area contributed by atoms with Crippen molar-refractivity contribution < 1.29 is 44.1 Å². The van der Waals surface area contributed by atoms with Gasteiger partial charge in [-0.1, -0.05) is 68.1 Å². The number of aliphatic hydroxyl groups excluding tert-OH is 4. The first-order valence-corrected chi connectivity index (χ1v) is 21.1. The van der Waals surface area contributed by atoms with E-state index < -0.39 is 92.2 Å². The number of benzene rings is 2. The molecule has 0 spiro atoms. The molecule has 23 heteroatoms. The van der Waals surface area contributed by atoms with Crippen molar-refractivity contribution in [3.8, 4) is 0 Å². The first-order valence-electron chi connectivity index (χ1n) is 21.1. The Morgan fingerprint density at radius 1 is 0.609 bits per heavy atom. The fourth-order valence-electron chi connectivity index (χ4n) is 8.80. The summed E-state index contributed by atoms with van der Waals surface area (Å²) in [5.41, 5.74) is 32.9. The summed E-state index contributed by atoms with van der Waals surface area (Å²) >= 11 is 0. The van der Waals surface area contributed by atoms with E-state index in [4.69, 9.17) is 52.4 Å². The lowest BCUT2D eigenvalue weighted by atomic mass is 9.84. The minimum absolute atomic E-state index is 0. The molecule has 3 saturated heterocycles. The molecule has 0 bridgehead atoms. The first kappa shape index (κ1) is 66.2. The van der Waals surface area contributed by atoms with Gasteiger partial charge < -0.3 is 77.7 Å². The molecule has 14 atom stereocenters.